The van der Waals surface area contributed by atoms with E-state index in [0.717, 1.165) is 23.0 Å². The number of nitro groups is 1. The molecule has 0 saturated carbocycles. The van der Waals surface area contributed by atoms with Gasteiger partial charge in [0.05, 0.1) is 22.7 Å². The van der Waals surface area contributed by atoms with E-state index in [1.165, 1.54) is 12.1 Å². The Morgan fingerprint density at radius 2 is 2.14 bits per heavy atom. The zero-order valence-corrected chi connectivity index (χ0v) is 12.2. The topological polar surface area (TPSA) is 73.0 Å². The van der Waals surface area contributed by atoms with E-state index in [2.05, 4.69) is 10.4 Å². The Labute approximate surface area is 121 Å². The molecule has 0 spiro atoms. The summed E-state index contributed by atoms with van der Waals surface area (Å²) in [5.41, 5.74) is 3.04. The van der Waals surface area contributed by atoms with E-state index in [1.807, 2.05) is 20.9 Å². The SMILES string of the molecule is CNCc1c(C)nn(Cc2cc(F)ccc2[N+](=O)[O-])c1C. The summed E-state index contributed by atoms with van der Waals surface area (Å²) in [7, 11) is 1.84. The van der Waals surface area contributed by atoms with Crippen LogP contribution in [0, 0.1) is 29.8 Å². The minimum Gasteiger partial charge on any atom is -0.316 e. The van der Waals surface area contributed by atoms with Crippen molar-refractivity contribution >= 4 is 5.69 Å². The maximum absolute atomic E-state index is 13.4. The second-order valence-corrected chi connectivity index (χ2v) is 4.87. The van der Waals surface area contributed by atoms with Crippen molar-refractivity contribution in [2.45, 2.75) is 26.9 Å². The molecule has 0 aliphatic rings. The first kappa shape index (κ1) is 15.1. The molecule has 2 rings (SSSR count). The van der Waals surface area contributed by atoms with Gasteiger partial charge in [-0.3, -0.25) is 14.8 Å². The Hall–Kier alpha value is -2.28. The predicted molar refractivity (Wildman–Crippen MR) is 76.6 cm³/mol. The summed E-state index contributed by atoms with van der Waals surface area (Å²) in [4.78, 5) is 10.5. The smallest absolute Gasteiger partial charge is 0.274 e. The molecule has 0 radical (unpaired) electrons. The van der Waals surface area contributed by atoms with Gasteiger partial charge in [-0.15, -0.1) is 0 Å². The fourth-order valence-corrected chi connectivity index (χ4v) is 2.34. The molecule has 1 aromatic carbocycles. The van der Waals surface area contributed by atoms with Crippen molar-refractivity contribution in [1.82, 2.24) is 15.1 Å². The number of benzene rings is 1. The van der Waals surface area contributed by atoms with Crippen LogP contribution in [0.5, 0.6) is 0 Å². The molecular formula is C14H17FN4O2. The summed E-state index contributed by atoms with van der Waals surface area (Å²) >= 11 is 0. The molecule has 0 aliphatic carbocycles. The van der Waals surface area contributed by atoms with Gasteiger partial charge in [0.1, 0.15) is 5.82 Å². The molecule has 0 atom stereocenters. The molecule has 0 fully saturated rings. The van der Waals surface area contributed by atoms with Crippen molar-refractivity contribution in [3.8, 4) is 0 Å². The highest BCUT2D eigenvalue weighted by atomic mass is 19.1. The van der Waals surface area contributed by atoms with Crippen LogP contribution in [0.3, 0.4) is 0 Å². The molecule has 0 saturated heterocycles. The molecule has 0 bridgehead atoms. The lowest BCUT2D eigenvalue weighted by atomic mass is 10.1. The van der Waals surface area contributed by atoms with E-state index in [9.17, 15) is 14.5 Å². The van der Waals surface area contributed by atoms with Crippen LogP contribution in [0.1, 0.15) is 22.5 Å². The van der Waals surface area contributed by atoms with Gasteiger partial charge in [0, 0.05) is 23.9 Å². The van der Waals surface area contributed by atoms with Gasteiger partial charge in [-0.25, -0.2) is 4.39 Å². The average molecular weight is 292 g/mol. The Morgan fingerprint density at radius 1 is 1.43 bits per heavy atom. The Bertz CT molecular complexity index is 682. The maximum atomic E-state index is 13.4. The normalized spacial score (nSPS) is 10.9. The fraction of sp³-hybridized carbons (Fsp3) is 0.357. The monoisotopic (exact) mass is 292 g/mol. The molecule has 1 N–H and O–H groups in total. The zero-order valence-electron chi connectivity index (χ0n) is 12.2. The summed E-state index contributed by atoms with van der Waals surface area (Å²) in [5, 5.41) is 18.5. The number of nitro benzene ring substituents is 1. The number of aromatic nitrogens is 2. The third-order valence-corrected chi connectivity index (χ3v) is 3.44. The van der Waals surface area contributed by atoms with Gasteiger partial charge in [-0.2, -0.15) is 5.10 Å². The Balaban J connectivity index is 2.41. The molecule has 1 aromatic heterocycles. The highest BCUT2D eigenvalue weighted by molar-refractivity contribution is 5.41. The van der Waals surface area contributed by atoms with E-state index in [0.29, 0.717) is 12.1 Å². The van der Waals surface area contributed by atoms with Crippen LogP contribution in [0.25, 0.3) is 0 Å². The summed E-state index contributed by atoms with van der Waals surface area (Å²) in [6.45, 7) is 4.63. The lowest BCUT2D eigenvalue weighted by molar-refractivity contribution is -0.385. The lowest BCUT2D eigenvalue weighted by Crippen LogP contribution is -2.09. The molecule has 112 valence electrons. The van der Waals surface area contributed by atoms with E-state index in [-0.39, 0.29) is 12.2 Å². The second-order valence-electron chi connectivity index (χ2n) is 4.87. The van der Waals surface area contributed by atoms with Gasteiger partial charge in [0.25, 0.3) is 5.69 Å². The molecule has 7 heteroatoms. The number of halogens is 1. The molecule has 6 nitrogen and oxygen atoms in total. The summed E-state index contributed by atoms with van der Waals surface area (Å²) in [6, 6.07) is 3.46. The second kappa shape index (κ2) is 6.01. The average Bonchev–Trinajstić information content (AvgIpc) is 2.67. The van der Waals surface area contributed by atoms with Crippen molar-refractivity contribution in [1.29, 1.82) is 0 Å². The summed E-state index contributed by atoms with van der Waals surface area (Å²) in [5.74, 6) is -0.493. The number of nitrogens with zero attached hydrogens (tertiary/aromatic N) is 3. The zero-order chi connectivity index (χ0) is 15.6. The third-order valence-electron chi connectivity index (χ3n) is 3.44. The van der Waals surface area contributed by atoms with Crippen LogP contribution in [0.4, 0.5) is 10.1 Å². The Morgan fingerprint density at radius 3 is 2.76 bits per heavy atom. The first-order valence-corrected chi connectivity index (χ1v) is 6.54. The molecule has 0 aliphatic heterocycles. The number of aryl methyl sites for hydroxylation is 1. The van der Waals surface area contributed by atoms with Gasteiger partial charge in [-0.05, 0) is 33.0 Å². The van der Waals surface area contributed by atoms with E-state index in [4.69, 9.17) is 0 Å². The molecular weight excluding hydrogens is 275 g/mol. The van der Waals surface area contributed by atoms with Gasteiger partial charge in [-0.1, -0.05) is 0 Å². The third kappa shape index (κ3) is 3.08. The van der Waals surface area contributed by atoms with Crippen LogP contribution in [-0.4, -0.2) is 21.8 Å². The predicted octanol–water partition coefficient (Wildman–Crippen LogP) is 2.31. The van der Waals surface area contributed by atoms with Crippen molar-refractivity contribution in [2.24, 2.45) is 0 Å². The van der Waals surface area contributed by atoms with Gasteiger partial charge >= 0.3 is 0 Å². The Kier molecular flexibility index (Phi) is 4.32. The van der Waals surface area contributed by atoms with E-state index < -0.39 is 10.7 Å². The molecule has 1 heterocycles. The molecule has 0 amide bonds. The van der Waals surface area contributed by atoms with E-state index in [1.54, 1.807) is 4.68 Å². The molecule has 0 unspecified atom stereocenters. The van der Waals surface area contributed by atoms with Gasteiger partial charge in [0.2, 0.25) is 0 Å². The lowest BCUT2D eigenvalue weighted by Gasteiger charge is -2.07. The largest absolute Gasteiger partial charge is 0.316 e. The molecule has 2 aromatic rings. The van der Waals surface area contributed by atoms with E-state index >= 15 is 0 Å². The fourth-order valence-electron chi connectivity index (χ4n) is 2.34. The quantitative estimate of drug-likeness (QED) is 0.678. The number of nitrogens with one attached hydrogen (secondary N) is 1. The summed E-state index contributed by atoms with van der Waals surface area (Å²) in [6.07, 6.45) is 0. The number of hydrogen-bond acceptors (Lipinski definition) is 4. The number of rotatable bonds is 5. The van der Waals surface area contributed by atoms with Crippen LogP contribution in [0.2, 0.25) is 0 Å². The van der Waals surface area contributed by atoms with Crippen LogP contribution in [0.15, 0.2) is 18.2 Å². The van der Waals surface area contributed by atoms with Crippen molar-refractivity contribution in [3.63, 3.8) is 0 Å². The van der Waals surface area contributed by atoms with Crippen LogP contribution >= 0.6 is 0 Å². The highest BCUT2D eigenvalue weighted by Crippen LogP contribution is 2.22. The minimum absolute atomic E-state index is 0.0980. The van der Waals surface area contributed by atoms with Crippen LogP contribution < -0.4 is 5.32 Å². The summed E-state index contributed by atoms with van der Waals surface area (Å²) < 4.78 is 15.0. The van der Waals surface area contributed by atoms with Gasteiger partial charge < -0.3 is 5.32 Å². The number of hydrogen-bond donors (Lipinski definition) is 1. The standard InChI is InChI=1S/C14H17FN4O2/c1-9-13(7-16-3)10(2)18(17-9)8-11-6-12(15)4-5-14(11)19(20)21/h4-6,16H,7-8H2,1-3H3. The van der Waals surface area contributed by atoms with Crippen molar-refractivity contribution < 1.29 is 9.31 Å². The van der Waals surface area contributed by atoms with Gasteiger partial charge in [0.15, 0.2) is 0 Å². The highest BCUT2D eigenvalue weighted by Gasteiger charge is 2.17. The van der Waals surface area contributed by atoms with Crippen molar-refractivity contribution in [2.75, 3.05) is 7.05 Å². The first-order chi connectivity index (χ1) is 9.93. The first-order valence-electron chi connectivity index (χ1n) is 6.54. The van der Waals surface area contributed by atoms with Crippen LogP contribution in [-0.2, 0) is 13.1 Å². The van der Waals surface area contributed by atoms with Crippen molar-refractivity contribution in [3.05, 3.63) is 56.6 Å². The minimum atomic E-state index is -0.505. The molecule has 21 heavy (non-hydrogen) atoms. The maximum Gasteiger partial charge on any atom is 0.274 e.